The lowest BCUT2D eigenvalue weighted by Gasteiger charge is -2.28. The number of amides is 1. The number of aryl methyl sites for hydroxylation is 2. The molecule has 4 aliphatic heterocycles. The smallest absolute Gasteiger partial charge is 0.410 e. The summed E-state index contributed by atoms with van der Waals surface area (Å²) in [6.07, 6.45) is 12.9. The number of rotatable bonds is 16. The number of nitrogens with one attached hydrogen (secondary N) is 2. The molecule has 18 nitrogen and oxygen atoms in total. The number of nitrogens with zero attached hydrogens (tertiary/aromatic N) is 14. The Labute approximate surface area is 479 Å². The van der Waals surface area contributed by atoms with Crippen LogP contribution in [0.2, 0.25) is 0 Å². The maximum absolute atomic E-state index is 16.0. The Bertz CT molecular complexity index is 3720. The molecule has 6 aromatic heterocycles. The summed E-state index contributed by atoms with van der Waals surface area (Å²) in [5.74, 6) is 1.32. The van der Waals surface area contributed by atoms with Crippen molar-refractivity contribution in [3.8, 4) is 22.3 Å². The Morgan fingerprint density at radius 2 is 1.12 bits per heavy atom. The van der Waals surface area contributed by atoms with E-state index in [0.29, 0.717) is 88.9 Å². The Morgan fingerprint density at radius 3 is 1.65 bits per heavy atom. The van der Waals surface area contributed by atoms with Crippen LogP contribution in [0.3, 0.4) is 0 Å². The second-order valence-electron chi connectivity index (χ2n) is 24.3. The number of carbonyl (C=O) groups is 1. The number of pyridine rings is 2. The molecule has 8 aromatic rings. The van der Waals surface area contributed by atoms with Crippen LogP contribution in [0.5, 0.6) is 0 Å². The molecule has 2 N–H and O–H groups in total. The fourth-order valence-corrected chi connectivity index (χ4v) is 13.2. The first-order valence-electron chi connectivity index (χ1n) is 28.8. The van der Waals surface area contributed by atoms with Crippen LogP contribution in [0.4, 0.5) is 45.9 Å². The normalized spacial score (nSPS) is 19.8. The molecule has 1 unspecified atom stereocenters. The van der Waals surface area contributed by atoms with E-state index in [1.54, 1.807) is 36.9 Å². The molecule has 83 heavy (non-hydrogen) atoms. The first-order chi connectivity index (χ1) is 39.8. The standard InChI is InChI=1S/C61H70F4N16O2/c1-34(2)80-36(4)72-56-46(62)16-42(18-50(56)80)44-20-54(66-26-48(44)64)74-58-68-22-38(23-69-58)28-76-30-40-11-14-78(52(40)32-76)13-9-10-35(3)81-37(5)73-57-47(63)17-43(19-51(57)81)45-21-55(67-27-49(45)65)75-59-70-24-39(25-71-59)29-77-31-41-12-15-79(53(41)33-77)60(82)83-61(6,7)8/h16-27,34-35,40-41,52-53H,9-15,28-33H2,1-8H3,(H,66,68,69,74)(H,67,70,71,75)/t35?,40-,41-,52+,53+/m0/s1. The second kappa shape index (κ2) is 22.5. The van der Waals surface area contributed by atoms with Crippen LogP contribution in [-0.4, -0.2) is 138 Å². The van der Waals surface area contributed by atoms with Gasteiger partial charge in [-0.2, -0.15) is 0 Å². The zero-order chi connectivity index (χ0) is 58.0. The van der Waals surface area contributed by atoms with Crippen LogP contribution in [0.15, 0.2) is 73.6 Å². The van der Waals surface area contributed by atoms with E-state index in [1.807, 2.05) is 64.0 Å². The topological polar surface area (TPSA) is 176 Å². The first-order valence-corrected chi connectivity index (χ1v) is 28.8. The van der Waals surface area contributed by atoms with Gasteiger partial charge >= 0.3 is 6.09 Å². The number of aromatic nitrogens is 10. The Hall–Kier alpha value is -7.69. The fraction of sp³-hybridized carbons (Fsp3) is 0.459. The zero-order valence-electron chi connectivity index (χ0n) is 48.2. The molecule has 0 saturated carbocycles. The van der Waals surface area contributed by atoms with Gasteiger partial charge in [0, 0.05) is 111 Å². The molecule has 22 heteroatoms. The average Bonchev–Trinajstić information content (AvgIpc) is 4.22. The van der Waals surface area contributed by atoms with E-state index in [0.717, 1.165) is 88.5 Å². The van der Waals surface area contributed by atoms with Crippen LogP contribution in [0.1, 0.15) is 102 Å². The monoisotopic (exact) mass is 1130 g/mol. The molecule has 0 bridgehead atoms. The van der Waals surface area contributed by atoms with Crippen molar-refractivity contribution in [1.82, 2.24) is 68.6 Å². The number of imidazole rings is 2. The fourth-order valence-electron chi connectivity index (χ4n) is 13.2. The second-order valence-corrected chi connectivity index (χ2v) is 24.3. The third-order valence-electron chi connectivity index (χ3n) is 16.9. The maximum Gasteiger partial charge on any atom is 0.410 e. The van der Waals surface area contributed by atoms with Crippen molar-refractivity contribution in [1.29, 1.82) is 0 Å². The molecule has 4 saturated heterocycles. The van der Waals surface area contributed by atoms with Crippen molar-refractivity contribution >= 4 is 51.7 Å². The van der Waals surface area contributed by atoms with Gasteiger partial charge in [0.05, 0.1) is 29.5 Å². The minimum atomic E-state index is -0.594. The average molecular weight is 1140 g/mol. The molecular weight excluding hydrogens is 1060 g/mol. The van der Waals surface area contributed by atoms with Gasteiger partial charge < -0.3 is 29.4 Å². The highest BCUT2D eigenvalue weighted by Gasteiger charge is 2.45. The van der Waals surface area contributed by atoms with Crippen molar-refractivity contribution < 1.29 is 27.1 Å². The van der Waals surface area contributed by atoms with Crippen LogP contribution >= 0.6 is 0 Å². The summed E-state index contributed by atoms with van der Waals surface area (Å²) in [6, 6.07) is 9.86. The summed E-state index contributed by atoms with van der Waals surface area (Å²) in [5, 5.41) is 6.19. The minimum absolute atomic E-state index is 0.00637. The lowest BCUT2D eigenvalue weighted by Crippen LogP contribution is -2.42. The molecule has 4 aliphatic rings. The molecule has 0 radical (unpaired) electrons. The van der Waals surface area contributed by atoms with Gasteiger partial charge in [0.2, 0.25) is 11.9 Å². The Balaban J connectivity index is 0.636. The molecule has 12 rings (SSSR count). The van der Waals surface area contributed by atoms with E-state index in [4.69, 9.17) is 4.74 Å². The highest BCUT2D eigenvalue weighted by atomic mass is 19.1. The lowest BCUT2D eigenvalue weighted by molar-refractivity contribution is 0.0217. The van der Waals surface area contributed by atoms with Crippen molar-refractivity contribution in [2.75, 3.05) is 56.4 Å². The number of likely N-dealkylation sites (tertiary alicyclic amines) is 4. The summed E-state index contributed by atoms with van der Waals surface area (Å²) in [7, 11) is 0. The summed E-state index contributed by atoms with van der Waals surface area (Å²) in [5.41, 5.74) is 4.15. The van der Waals surface area contributed by atoms with Gasteiger partial charge in [-0.3, -0.25) is 14.7 Å². The molecule has 5 atom stereocenters. The third-order valence-corrected chi connectivity index (χ3v) is 16.9. The van der Waals surface area contributed by atoms with E-state index in [9.17, 15) is 4.79 Å². The summed E-state index contributed by atoms with van der Waals surface area (Å²) in [6.45, 7) is 23.0. The van der Waals surface area contributed by atoms with Crippen LogP contribution in [0, 0.1) is 49.0 Å². The summed E-state index contributed by atoms with van der Waals surface area (Å²) < 4.78 is 71.9. The zero-order valence-corrected chi connectivity index (χ0v) is 48.2. The number of hydrogen-bond acceptors (Lipinski definition) is 15. The SMILES string of the molecule is Cc1nc2c(F)cc(-c3cc(Nc4ncc(CN5C[C@@H]6CCN(CCCC(C)n7c(C)nc8c(F)cc(-c9cc(Nc%10ncc(CN%11C[C@@H]%12CCN(C(=O)OC(C)(C)C)[C@@H]%12C%11)cn%10)ncc9F)cc87)[C@@H]6C5)cn4)ncc3F)cc2n1C(C)C. The molecular formula is C61H70F4N16O2. The van der Waals surface area contributed by atoms with Gasteiger partial charge in [-0.05, 0) is 154 Å². The van der Waals surface area contributed by atoms with Crippen molar-refractivity contribution in [3.63, 3.8) is 0 Å². The predicted octanol–water partition coefficient (Wildman–Crippen LogP) is 11.3. The van der Waals surface area contributed by atoms with E-state index >= 15 is 17.6 Å². The number of hydrogen-bond donors (Lipinski definition) is 2. The number of ether oxygens (including phenoxy) is 1. The number of anilines is 4. The number of halogens is 4. The molecule has 434 valence electrons. The molecule has 0 spiro atoms. The lowest BCUT2D eigenvalue weighted by atomic mass is 10.0. The summed E-state index contributed by atoms with van der Waals surface area (Å²) >= 11 is 0. The van der Waals surface area contributed by atoms with Crippen LogP contribution < -0.4 is 10.6 Å². The quantitative estimate of drug-likeness (QED) is 0.0873. The minimum Gasteiger partial charge on any atom is -0.444 e. The molecule has 10 heterocycles. The largest absolute Gasteiger partial charge is 0.444 e. The van der Waals surface area contributed by atoms with Gasteiger partial charge in [-0.15, -0.1) is 0 Å². The highest BCUT2D eigenvalue weighted by Crippen LogP contribution is 2.38. The van der Waals surface area contributed by atoms with Gasteiger partial charge in [0.25, 0.3) is 0 Å². The van der Waals surface area contributed by atoms with E-state index in [2.05, 4.69) is 76.7 Å². The Kier molecular flexibility index (Phi) is 15.1. The summed E-state index contributed by atoms with van der Waals surface area (Å²) in [4.78, 5) is 57.9. The maximum atomic E-state index is 16.0. The highest BCUT2D eigenvalue weighted by molar-refractivity contribution is 5.85. The van der Waals surface area contributed by atoms with Gasteiger partial charge in [-0.1, -0.05) is 0 Å². The number of carbonyl (C=O) groups excluding carboxylic acids is 1. The van der Waals surface area contributed by atoms with Crippen molar-refractivity contribution in [3.05, 3.63) is 120 Å². The van der Waals surface area contributed by atoms with Crippen molar-refractivity contribution in [2.24, 2.45) is 11.8 Å². The first kappa shape index (κ1) is 55.8. The third kappa shape index (κ3) is 11.6. The van der Waals surface area contributed by atoms with Crippen LogP contribution in [0.25, 0.3) is 44.3 Å². The number of fused-ring (bicyclic) bond motifs is 4. The van der Waals surface area contributed by atoms with Gasteiger partial charge in [0.1, 0.15) is 51.6 Å². The molecule has 4 fully saturated rings. The van der Waals surface area contributed by atoms with Crippen LogP contribution in [-0.2, 0) is 17.8 Å². The molecule has 0 aliphatic carbocycles. The Morgan fingerprint density at radius 1 is 0.627 bits per heavy atom. The van der Waals surface area contributed by atoms with Crippen molar-refractivity contribution in [2.45, 2.75) is 124 Å². The van der Waals surface area contributed by atoms with Gasteiger partial charge in [-0.25, -0.2) is 62.2 Å². The van der Waals surface area contributed by atoms with E-state index < -0.39 is 28.9 Å². The van der Waals surface area contributed by atoms with E-state index in [-0.39, 0.29) is 52.3 Å². The predicted molar refractivity (Wildman–Crippen MR) is 309 cm³/mol. The molecule has 2 aromatic carbocycles. The number of benzene rings is 2. The van der Waals surface area contributed by atoms with E-state index in [1.165, 1.54) is 18.2 Å². The van der Waals surface area contributed by atoms with Gasteiger partial charge in [0.15, 0.2) is 11.6 Å². The molecule has 1 amide bonds.